The Morgan fingerprint density at radius 1 is 0.941 bits per heavy atom. The zero-order valence-electron chi connectivity index (χ0n) is 19.6. The fraction of sp³-hybridized carbons (Fsp3) is 0.185. The van der Waals surface area contributed by atoms with Gasteiger partial charge in [0.25, 0.3) is 0 Å². The number of hydrogen-bond acceptors (Lipinski definition) is 5. The Bertz CT molecular complexity index is 1240. The normalized spacial score (nSPS) is 10.8. The van der Waals surface area contributed by atoms with E-state index in [-0.39, 0.29) is 12.5 Å². The number of ether oxygens (including phenoxy) is 2. The van der Waals surface area contributed by atoms with Crippen LogP contribution < -0.4 is 14.8 Å². The van der Waals surface area contributed by atoms with Crippen molar-refractivity contribution in [1.82, 2.24) is 14.7 Å². The fourth-order valence-corrected chi connectivity index (χ4v) is 3.72. The number of nitrogens with one attached hydrogen (secondary N) is 1. The van der Waals surface area contributed by atoms with Crippen LogP contribution in [0.3, 0.4) is 0 Å². The lowest BCUT2D eigenvalue weighted by Gasteiger charge is -2.16. The lowest BCUT2D eigenvalue weighted by molar-refractivity contribution is -0.117. The van der Waals surface area contributed by atoms with Crippen LogP contribution in [-0.2, 0) is 11.3 Å². The first-order chi connectivity index (χ1) is 16.6. The number of methoxy groups -OCH3 is 2. The molecular formula is C27H28N4O3. The lowest BCUT2D eigenvalue weighted by atomic mass is 10.1. The van der Waals surface area contributed by atoms with E-state index in [9.17, 15) is 4.79 Å². The van der Waals surface area contributed by atoms with E-state index in [2.05, 4.69) is 5.32 Å². The summed E-state index contributed by atoms with van der Waals surface area (Å²) in [5.41, 5.74) is 4.55. The van der Waals surface area contributed by atoms with Crippen molar-refractivity contribution in [2.45, 2.75) is 6.54 Å². The highest BCUT2D eigenvalue weighted by molar-refractivity contribution is 5.92. The third-order valence-corrected chi connectivity index (χ3v) is 5.38. The van der Waals surface area contributed by atoms with Gasteiger partial charge in [-0.1, -0.05) is 24.3 Å². The molecule has 1 heterocycles. The van der Waals surface area contributed by atoms with Crippen LogP contribution in [-0.4, -0.2) is 48.4 Å². The molecule has 0 unspecified atom stereocenters. The number of aromatic nitrogens is 2. The zero-order valence-corrected chi connectivity index (χ0v) is 19.6. The highest BCUT2D eigenvalue weighted by Crippen LogP contribution is 2.27. The van der Waals surface area contributed by atoms with E-state index in [1.165, 1.54) is 0 Å². The Labute approximate surface area is 199 Å². The largest absolute Gasteiger partial charge is 0.497 e. The molecule has 3 aromatic carbocycles. The van der Waals surface area contributed by atoms with E-state index in [0.29, 0.717) is 18.0 Å². The molecule has 0 bridgehead atoms. The number of para-hydroxylation sites is 1. The fourth-order valence-electron chi connectivity index (χ4n) is 3.72. The van der Waals surface area contributed by atoms with Gasteiger partial charge in [0.1, 0.15) is 11.5 Å². The number of benzene rings is 3. The Hall–Kier alpha value is -4.10. The van der Waals surface area contributed by atoms with Gasteiger partial charge in [-0.25, -0.2) is 4.68 Å². The zero-order chi connectivity index (χ0) is 23.9. The molecule has 0 aliphatic heterocycles. The van der Waals surface area contributed by atoms with Crippen LogP contribution in [0, 0.1) is 0 Å². The average Bonchev–Trinajstić information content (AvgIpc) is 3.28. The molecule has 0 aliphatic rings. The van der Waals surface area contributed by atoms with Gasteiger partial charge in [0.15, 0.2) is 0 Å². The molecular weight excluding hydrogens is 428 g/mol. The lowest BCUT2D eigenvalue weighted by Crippen LogP contribution is -2.29. The molecule has 1 amide bonds. The van der Waals surface area contributed by atoms with Gasteiger partial charge in [-0.05, 0) is 55.6 Å². The second-order valence-corrected chi connectivity index (χ2v) is 7.96. The van der Waals surface area contributed by atoms with Gasteiger partial charge < -0.3 is 14.8 Å². The van der Waals surface area contributed by atoms with Crippen molar-refractivity contribution in [1.29, 1.82) is 0 Å². The number of rotatable bonds is 9. The molecule has 1 aromatic heterocycles. The van der Waals surface area contributed by atoms with Crippen LogP contribution in [0.1, 0.15) is 5.56 Å². The van der Waals surface area contributed by atoms with Gasteiger partial charge in [-0.15, -0.1) is 0 Å². The maximum absolute atomic E-state index is 12.6. The standard InChI is InChI=1S/C27H28N4O3/c1-30(19-26(32)28-22-8-7-11-25(16-22)34-3)17-21-18-31(23-9-5-4-6-10-23)29-27(21)20-12-14-24(33-2)15-13-20/h4-16,18H,17,19H2,1-3H3,(H,28,32). The van der Waals surface area contributed by atoms with Crippen molar-refractivity contribution in [2.75, 3.05) is 33.1 Å². The van der Waals surface area contributed by atoms with Crippen molar-refractivity contribution < 1.29 is 14.3 Å². The van der Waals surface area contributed by atoms with Gasteiger partial charge in [0.05, 0.1) is 32.1 Å². The maximum atomic E-state index is 12.6. The van der Waals surface area contributed by atoms with Gasteiger partial charge >= 0.3 is 0 Å². The minimum atomic E-state index is -0.0998. The highest BCUT2D eigenvalue weighted by Gasteiger charge is 2.16. The molecule has 4 aromatic rings. The number of carbonyl (C=O) groups excluding carboxylic acids is 1. The molecule has 4 rings (SSSR count). The summed E-state index contributed by atoms with van der Waals surface area (Å²) in [5, 5.41) is 7.79. The van der Waals surface area contributed by atoms with Crippen LogP contribution in [0.4, 0.5) is 5.69 Å². The van der Waals surface area contributed by atoms with Crippen LogP contribution >= 0.6 is 0 Å². The first-order valence-corrected chi connectivity index (χ1v) is 11.0. The Kier molecular flexibility index (Phi) is 7.25. The summed E-state index contributed by atoms with van der Waals surface area (Å²) in [4.78, 5) is 14.6. The van der Waals surface area contributed by atoms with E-state index in [1.807, 2.05) is 95.6 Å². The summed E-state index contributed by atoms with van der Waals surface area (Å²) in [6.07, 6.45) is 2.02. The Morgan fingerprint density at radius 3 is 2.38 bits per heavy atom. The summed E-state index contributed by atoms with van der Waals surface area (Å²) in [6, 6.07) is 25.1. The third kappa shape index (κ3) is 5.63. The van der Waals surface area contributed by atoms with Crippen LogP contribution in [0.25, 0.3) is 16.9 Å². The molecule has 0 aliphatic carbocycles. The summed E-state index contributed by atoms with van der Waals surface area (Å²) >= 11 is 0. The van der Waals surface area contributed by atoms with Crippen molar-refractivity contribution in [3.63, 3.8) is 0 Å². The Balaban J connectivity index is 1.53. The van der Waals surface area contributed by atoms with Crippen LogP contribution in [0.2, 0.25) is 0 Å². The van der Waals surface area contributed by atoms with E-state index < -0.39 is 0 Å². The van der Waals surface area contributed by atoms with E-state index in [0.717, 1.165) is 28.3 Å². The molecule has 7 nitrogen and oxygen atoms in total. The second-order valence-electron chi connectivity index (χ2n) is 7.96. The second kappa shape index (κ2) is 10.7. The summed E-state index contributed by atoms with van der Waals surface area (Å²) < 4.78 is 12.4. The van der Waals surface area contributed by atoms with E-state index >= 15 is 0 Å². The molecule has 34 heavy (non-hydrogen) atoms. The molecule has 174 valence electrons. The molecule has 0 atom stereocenters. The molecule has 7 heteroatoms. The number of anilines is 1. The first-order valence-electron chi connectivity index (χ1n) is 11.0. The van der Waals surface area contributed by atoms with Gasteiger partial charge in [0, 0.05) is 35.6 Å². The topological polar surface area (TPSA) is 68.6 Å². The minimum Gasteiger partial charge on any atom is -0.497 e. The van der Waals surface area contributed by atoms with Gasteiger partial charge in [0.2, 0.25) is 5.91 Å². The maximum Gasteiger partial charge on any atom is 0.238 e. The number of nitrogens with zero attached hydrogens (tertiary/aromatic N) is 3. The number of carbonyl (C=O) groups is 1. The summed E-state index contributed by atoms with van der Waals surface area (Å²) in [5.74, 6) is 1.39. The molecule has 0 fully saturated rings. The number of likely N-dealkylation sites (N-methyl/N-ethyl adjacent to an activating group) is 1. The number of amides is 1. The van der Waals surface area contributed by atoms with Crippen molar-refractivity contribution in [3.8, 4) is 28.4 Å². The molecule has 1 N–H and O–H groups in total. The van der Waals surface area contributed by atoms with Crippen molar-refractivity contribution in [2.24, 2.45) is 0 Å². The smallest absolute Gasteiger partial charge is 0.238 e. The first kappa shape index (κ1) is 23.1. The monoisotopic (exact) mass is 456 g/mol. The predicted octanol–water partition coefficient (Wildman–Crippen LogP) is 4.63. The van der Waals surface area contributed by atoms with Crippen LogP contribution in [0.5, 0.6) is 11.5 Å². The van der Waals surface area contributed by atoms with Gasteiger partial charge in [-0.2, -0.15) is 5.10 Å². The quantitative estimate of drug-likeness (QED) is 0.398. The number of hydrogen-bond donors (Lipinski definition) is 1. The molecule has 0 saturated carbocycles. The minimum absolute atomic E-state index is 0.0998. The van der Waals surface area contributed by atoms with E-state index in [4.69, 9.17) is 14.6 Å². The SMILES string of the molecule is COc1ccc(-c2nn(-c3ccccc3)cc2CN(C)CC(=O)Nc2cccc(OC)c2)cc1. The average molecular weight is 457 g/mol. The molecule has 0 saturated heterocycles. The van der Waals surface area contributed by atoms with E-state index in [1.54, 1.807) is 20.3 Å². The summed E-state index contributed by atoms with van der Waals surface area (Å²) in [7, 11) is 5.17. The third-order valence-electron chi connectivity index (χ3n) is 5.38. The van der Waals surface area contributed by atoms with Crippen LogP contribution in [0.15, 0.2) is 85.1 Å². The summed E-state index contributed by atoms with van der Waals surface area (Å²) in [6.45, 7) is 0.787. The molecule has 0 radical (unpaired) electrons. The molecule has 0 spiro atoms. The van der Waals surface area contributed by atoms with Crippen molar-refractivity contribution >= 4 is 11.6 Å². The van der Waals surface area contributed by atoms with Crippen molar-refractivity contribution in [3.05, 3.63) is 90.6 Å². The predicted molar refractivity (Wildman–Crippen MR) is 134 cm³/mol. The highest BCUT2D eigenvalue weighted by atomic mass is 16.5. The van der Waals surface area contributed by atoms with Gasteiger partial charge in [-0.3, -0.25) is 9.69 Å². The Morgan fingerprint density at radius 2 is 1.68 bits per heavy atom.